The van der Waals surface area contributed by atoms with Crippen molar-refractivity contribution in [1.82, 2.24) is 10.3 Å². The number of ether oxygens (including phenoxy) is 1. The number of aromatic hydroxyl groups is 1. The summed E-state index contributed by atoms with van der Waals surface area (Å²) in [4.78, 5) is 13.2. The summed E-state index contributed by atoms with van der Waals surface area (Å²) in [5.41, 5.74) is 14.7. The molecule has 0 radical (unpaired) electrons. The van der Waals surface area contributed by atoms with E-state index in [1.54, 1.807) is 51.2 Å². The molecule has 2 aromatic rings. The van der Waals surface area contributed by atoms with Crippen LogP contribution in [0.2, 0.25) is 0 Å². The van der Waals surface area contributed by atoms with E-state index in [1.807, 2.05) is 0 Å². The molecular weight excluding hydrogens is 408 g/mol. The topological polar surface area (TPSA) is 147 Å². The van der Waals surface area contributed by atoms with Crippen LogP contribution in [-0.2, 0) is 15.1 Å². The molecule has 1 saturated heterocycles. The van der Waals surface area contributed by atoms with E-state index in [1.165, 1.54) is 6.08 Å². The lowest BCUT2D eigenvalue weighted by Crippen LogP contribution is -2.22. The molecule has 8 nitrogen and oxygen atoms in total. The maximum atomic E-state index is 10.8. The first-order chi connectivity index (χ1) is 15.1. The van der Waals surface area contributed by atoms with E-state index >= 15 is 0 Å². The number of carbonyl (C=O) groups is 1. The lowest BCUT2D eigenvalue weighted by atomic mass is 9.86. The fourth-order valence-electron chi connectivity index (χ4n) is 3.71. The third kappa shape index (κ3) is 6.15. The van der Waals surface area contributed by atoms with Gasteiger partial charge in [-0.1, -0.05) is 18.7 Å². The molecule has 0 unspecified atom stereocenters. The lowest BCUT2D eigenvalue weighted by Gasteiger charge is -2.27. The van der Waals surface area contributed by atoms with Gasteiger partial charge in [0.15, 0.2) is 0 Å². The predicted octanol–water partition coefficient (Wildman–Crippen LogP) is 2.80. The monoisotopic (exact) mass is 442 g/mol. The van der Waals surface area contributed by atoms with E-state index < -0.39 is 5.60 Å². The molecular formula is C24H34N4O4. The number of hydrogen-bond donors (Lipinski definition) is 6. The van der Waals surface area contributed by atoms with E-state index in [9.17, 15) is 15.0 Å². The van der Waals surface area contributed by atoms with Crippen molar-refractivity contribution in [2.24, 2.45) is 5.73 Å². The molecule has 0 bridgehead atoms. The number of aromatic nitrogens is 1. The van der Waals surface area contributed by atoms with Gasteiger partial charge < -0.3 is 36.7 Å². The number of rotatable bonds is 5. The van der Waals surface area contributed by atoms with E-state index in [0.29, 0.717) is 35.9 Å². The van der Waals surface area contributed by atoms with Crippen LogP contribution in [0, 0.1) is 0 Å². The number of carbonyl (C=O) groups excluding carboxylic acids is 1. The summed E-state index contributed by atoms with van der Waals surface area (Å²) < 4.78 is 5.45. The highest BCUT2D eigenvalue weighted by molar-refractivity contribution is 5.87. The summed E-state index contributed by atoms with van der Waals surface area (Å²) in [5, 5.41) is 23.2. The first-order valence-electron chi connectivity index (χ1n) is 10.5. The van der Waals surface area contributed by atoms with Crippen LogP contribution in [0.5, 0.6) is 5.75 Å². The molecule has 0 saturated carbocycles. The van der Waals surface area contributed by atoms with Gasteiger partial charge in [0.05, 0.1) is 5.60 Å². The fourth-order valence-corrected chi connectivity index (χ4v) is 3.71. The van der Waals surface area contributed by atoms with E-state index in [0.717, 1.165) is 24.1 Å². The second-order valence-corrected chi connectivity index (χ2v) is 8.12. The smallest absolute Gasteiger partial charge is 0.243 e. The number of nitrogens with two attached hydrogens (primary N) is 2. The molecule has 1 aliphatic heterocycles. The Morgan fingerprint density at radius 1 is 1.31 bits per heavy atom. The van der Waals surface area contributed by atoms with Crippen molar-refractivity contribution in [3.05, 3.63) is 59.3 Å². The molecule has 1 aliphatic rings. The summed E-state index contributed by atoms with van der Waals surface area (Å²) in [6, 6.07) is 6.87. The van der Waals surface area contributed by atoms with E-state index in [-0.39, 0.29) is 17.6 Å². The minimum Gasteiger partial charge on any atom is -0.507 e. The molecule has 32 heavy (non-hydrogen) atoms. The second-order valence-electron chi connectivity index (χ2n) is 8.12. The lowest BCUT2D eigenvalue weighted by molar-refractivity contribution is -0.116. The highest BCUT2D eigenvalue weighted by atomic mass is 16.5. The standard InChI is InChI=1S/C20H27N3O3.C4H7NO/c1-20(2,25)17-14(11-15(21)13-5-3-4-6-16(13)24)19(22)23-18(17)12-7-9-26-10-8-12;1-3-4(6)5-2/h3-6,11-12,23-25H,7-10,21-22H2,1-2H3;3H,1H2,2H3,(H,5,6)/b15-11-;. The Kier molecular flexibility index (Phi) is 8.51. The zero-order chi connectivity index (χ0) is 23.9. The van der Waals surface area contributed by atoms with Gasteiger partial charge in [-0.2, -0.15) is 0 Å². The quantitative estimate of drug-likeness (QED) is 0.393. The average Bonchev–Trinajstić information content (AvgIpc) is 3.10. The summed E-state index contributed by atoms with van der Waals surface area (Å²) in [6.07, 6.45) is 4.69. The van der Waals surface area contributed by atoms with Crippen molar-refractivity contribution in [3.8, 4) is 5.75 Å². The minimum absolute atomic E-state index is 0.102. The third-order valence-electron chi connectivity index (χ3n) is 5.29. The van der Waals surface area contributed by atoms with Gasteiger partial charge >= 0.3 is 0 Å². The van der Waals surface area contributed by atoms with Crippen molar-refractivity contribution in [2.75, 3.05) is 26.0 Å². The number of phenols is 1. The van der Waals surface area contributed by atoms with Crippen molar-refractivity contribution in [3.63, 3.8) is 0 Å². The largest absolute Gasteiger partial charge is 0.507 e. The number of aliphatic hydroxyl groups is 1. The molecule has 2 heterocycles. The molecule has 1 aromatic carbocycles. The normalized spacial score (nSPS) is 14.9. The number of likely N-dealkylation sites (N-methyl/N-ethyl adjacent to an activating group) is 1. The number of anilines is 1. The Bertz CT molecular complexity index is 967. The number of benzene rings is 1. The van der Waals surface area contributed by atoms with Crippen LogP contribution in [0.15, 0.2) is 36.9 Å². The number of nitrogen functional groups attached to an aromatic ring is 1. The Labute approximate surface area is 189 Å². The first kappa shape index (κ1) is 25.0. The van der Waals surface area contributed by atoms with E-state index in [4.69, 9.17) is 16.2 Å². The maximum Gasteiger partial charge on any atom is 0.243 e. The maximum absolute atomic E-state index is 10.8. The zero-order valence-corrected chi connectivity index (χ0v) is 18.9. The molecule has 174 valence electrons. The van der Waals surface area contributed by atoms with Crippen LogP contribution in [0.25, 0.3) is 11.8 Å². The van der Waals surface area contributed by atoms with Crippen molar-refractivity contribution < 1.29 is 19.7 Å². The van der Waals surface area contributed by atoms with Crippen molar-refractivity contribution >= 4 is 23.5 Å². The molecule has 1 aromatic heterocycles. The molecule has 3 rings (SSSR count). The molecule has 0 aliphatic carbocycles. The Morgan fingerprint density at radius 3 is 2.44 bits per heavy atom. The molecule has 8 heteroatoms. The number of amides is 1. The van der Waals surface area contributed by atoms with Gasteiger partial charge in [0.2, 0.25) is 5.91 Å². The van der Waals surface area contributed by atoms with Crippen LogP contribution in [0.1, 0.15) is 55.0 Å². The number of hydrogen-bond acceptors (Lipinski definition) is 6. The summed E-state index contributed by atoms with van der Waals surface area (Å²) in [7, 11) is 1.56. The fraction of sp³-hybridized carbons (Fsp3) is 0.375. The predicted molar refractivity (Wildman–Crippen MR) is 128 cm³/mol. The Morgan fingerprint density at radius 2 is 1.94 bits per heavy atom. The summed E-state index contributed by atoms with van der Waals surface area (Å²) in [6.45, 7) is 8.09. The number of nitrogens with one attached hydrogen (secondary N) is 2. The van der Waals surface area contributed by atoms with E-state index in [2.05, 4.69) is 16.9 Å². The van der Waals surface area contributed by atoms with Crippen LogP contribution in [0.4, 0.5) is 5.82 Å². The number of phenolic OH excluding ortho intramolecular Hbond substituents is 1. The molecule has 1 fully saturated rings. The van der Waals surface area contributed by atoms with Crippen LogP contribution in [-0.4, -0.2) is 41.4 Å². The van der Waals surface area contributed by atoms with Gasteiger partial charge in [-0.15, -0.1) is 0 Å². The Hall–Kier alpha value is -3.23. The van der Waals surface area contributed by atoms with Gasteiger partial charge in [-0.25, -0.2) is 0 Å². The minimum atomic E-state index is -1.09. The Balaban J connectivity index is 0.000000534. The SMILES string of the molecule is C=CC(=O)NC.CC(C)(O)c1c(C2CCOCC2)[nH]c(N)c1/C=C(\N)c1ccccc1O. The third-order valence-corrected chi connectivity index (χ3v) is 5.29. The average molecular weight is 443 g/mol. The molecule has 0 spiro atoms. The number of aromatic amines is 1. The van der Waals surface area contributed by atoms with Crippen molar-refractivity contribution in [2.45, 2.75) is 38.2 Å². The zero-order valence-electron chi connectivity index (χ0n) is 18.9. The van der Waals surface area contributed by atoms with Crippen molar-refractivity contribution in [1.29, 1.82) is 0 Å². The molecule has 1 amide bonds. The highest BCUT2D eigenvalue weighted by Gasteiger charge is 2.31. The second kappa shape index (κ2) is 10.9. The summed E-state index contributed by atoms with van der Waals surface area (Å²) >= 11 is 0. The highest BCUT2D eigenvalue weighted by Crippen LogP contribution is 2.40. The van der Waals surface area contributed by atoms with Gasteiger partial charge in [-0.3, -0.25) is 4.79 Å². The van der Waals surface area contributed by atoms with Gasteiger partial charge in [-0.05, 0) is 51.0 Å². The van der Waals surface area contributed by atoms with Crippen LogP contribution in [0.3, 0.4) is 0 Å². The summed E-state index contributed by atoms with van der Waals surface area (Å²) in [5.74, 6) is 0.669. The van der Waals surface area contributed by atoms with Gasteiger partial charge in [0, 0.05) is 54.3 Å². The molecule has 0 atom stereocenters. The van der Waals surface area contributed by atoms with Gasteiger partial charge in [0.25, 0.3) is 0 Å². The van der Waals surface area contributed by atoms with Crippen LogP contribution < -0.4 is 16.8 Å². The van der Waals surface area contributed by atoms with Crippen LogP contribution >= 0.6 is 0 Å². The molecule has 8 N–H and O–H groups in total. The first-order valence-corrected chi connectivity index (χ1v) is 10.5. The number of H-pyrrole nitrogens is 1. The number of para-hydroxylation sites is 1. The van der Waals surface area contributed by atoms with Gasteiger partial charge in [0.1, 0.15) is 11.6 Å².